The number of nitrogens with one attached hydrogen (secondary N) is 1. The van der Waals surface area contributed by atoms with Gasteiger partial charge in [-0.05, 0) is 70.1 Å². The molecule has 21 heavy (non-hydrogen) atoms. The number of likely N-dealkylation sites (tertiary alicyclic amines) is 1. The van der Waals surface area contributed by atoms with E-state index in [0.717, 1.165) is 12.5 Å². The van der Waals surface area contributed by atoms with E-state index >= 15 is 0 Å². The summed E-state index contributed by atoms with van der Waals surface area (Å²) in [6.45, 7) is 3.84. The maximum absolute atomic E-state index is 10.2. The first-order valence-electron chi connectivity index (χ1n) is 7.58. The molecule has 118 valence electrons. The predicted molar refractivity (Wildman–Crippen MR) is 89.1 cm³/mol. The molecule has 1 saturated heterocycles. The van der Waals surface area contributed by atoms with Gasteiger partial charge in [0.1, 0.15) is 0 Å². The zero-order chi connectivity index (χ0) is 15.2. The van der Waals surface area contributed by atoms with Gasteiger partial charge in [0.25, 0.3) is 0 Å². The molecule has 1 heterocycles. The second kappa shape index (κ2) is 8.35. The van der Waals surface area contributed by atoms with E-state index < -0.39 is 6.10 Å². The van der Waals surface area contributed by atoms with E-state index in [9.17, 15) is 5.11 Å². The second-order valence-electron chi connectivity index (χ2n) is 5.92. The van der Waals surface area contributed by atoms with Gasteiger partial charge in [0.15, 0.2) is 0 Å². The van der Waals surface area contributed by atoms with Gasteiger partial charge in [0, 0.05) is 22.2 Å². The molecule has 1 aromatic carbocycles. The third kappa shape index (κ3) is 5.42. The highest BCUT2D eigenvalue weighted by molar-refractivity contribution is 6.33. The molecule has 1 atom stereocenters. The molecule has 0 aromatic heterocycles. The maximum atomic E-state index is 10.2. The fraction of sp³-hybridized carbons (Fsp3) is 0.625. The molecule has 2 N–H and O–H groups in total. The van der Waals surface area contributed by atoms with E-state index in [1.165, 1.54) is 32.4 Å². The number of benzene rings is 1. The van der Waals surface area contributed by atoms with Crippen molar-refractivity contribution in [3.63, 3.8) is 0 Å². The Bertz CT molecular complexity index is 448. The number of aliphatic hydroxyl groups is 1. The molecule has 1 aliphatic heterocycles. The van der Waals surface area contributed by atoms with Gasteiger partial charge in [-0.1, -0.05) is 23.2 Å². The zero-order valence-electron chi connectivity index (χ0n) is 12.5. The van der Waals surface area contributed by atoms with Crippen LogP contribution in [0, 0.1) is 5.92 Å². The lowest BCUT2D eigenvalue weighted by molar-refractivity contribution is 0.171. The summed E-state index contributed by atoms with van der Waals surface area (Å²) in [7, 11) is 2.18. The largest absolute Gasteiger partial charge is 0.387 e. The van der Waals surface area contributed by atoms with Crippen LogP contribution in [0.25, 0.3) is 0 Å². The first kappa shape index (κ1) is 17.0. The number of halogens is 2. The monoisotopic (exact) mass is 330 g/mol. The first-order valence-corrected chi connectivity index (χ1v) is 8.34. The van der Waals surface area contributed by atoms with Crippen molar-refractivity contribution in [1.82, 2.24) is 10.2 Å². The highest BCUT2D eigenvalue weighted by Crippen LogP contribution is 2.26. The van der Waals surface area contributed by atoms with Crippen molar-refractivity contribution in [2.45, 2.75) is 25.4 Å². The third-order valence-electron chi connectivity index (χ3n) is 4.22. The van der Waals surface area contributed by atoms with E-state index in [1.54, 1.807) is 18.2 Å². The van der Waals surface area contributed by atoms with Crippen LogP contribution in [0.1, 0.15) is 30.9 Å². The van der Waals surface area contributed by atoms with Gasteiger partial charge in [-0.3, -0.25) is 0 Å². The minimum Gasteiger partial charge on any atom is -0.387 e. The molecule has 0 amide bonds. The van der Waals surface area contributed by atoms with Gasteiger partial charge in [0.05, 0.1) is 6.10 Å². The number of aliphatic hydroxyl groups excluding tert-OH is 1. The fourth-order valence-corrected chi connectivity index (χ4v) is 3.20. The van der Waals surface area contributed by atoms with Crippen LogP contribution in [-0.4, -0.2) is 43.2 Å². The van der Waals surface area contributed by atoms with E-state index in [4.69, 9.17) is 23.2 Å². The van der Waals surface area contributed by atoms with Crippen LogP contribution in [0.15, 0.2) is 18.2 Å². The summed E-state index contributed by atoms with van der Waals surface area (Å²) in [6, 6.07) is 5.18. The standard InChI is InChI=1S/C16H24Cl2N2O/c1-20-8-5-12(6-9-20)4-7-19-11-16(21)14-10-13(17)2-3-15(14)18/h2-3,10,12,16,19,21H,4-9,11H2,1H3. The SMILES string of the molecule is CN1CCC(CCNCC(O)c2cc(Cl)ccc2Cl)CC1. The smallest absolute Gasteiger partial charge is 0.0929 e. The molecule has 1 fully saturated rings. The fourth-order valence-electron chi connectivity index (χ4n) is 2.78. The number of hydrogen-bond acceptors (Lipinski definition) is 3. The lowest BCUT2D eigenvalue weighted by Gasteiger charge is -2.29. The summed E-state index contributed by atoms with van der Waals surface area (Å²) in [5.41, 5.74) is 0.691. The zero-order valence-corrected chi connectivity index (χ0v) is 14.0. The van der Waals surface area contributed by atoms with Gasteiger partial charge >= 0.3 is 0 Å². The van der Waals surface area contributed by atoms with Crippen molar-refractivity contribution in [1.29, 1.82) is 0 Å². The molecule has 1 unspecified atom stereocenters. The van der Waals surface area contributed by atoms with Crippen LogP contribution in [0.4, 0.5) is 0 Å². The number of hydrogen-bond donors (Lipinski definition) is 2. The Morgan fingerprint density at radius 2 is 2.05 bits per heavy atom. The lowest BCUT2D eigenvalue weighted by Crippen LogP contribution is -2.32. The molecule has 0 spiro atoms. The van der Waals surface area contributed by atoms with Gasteiger partial charge in [-0.2, -0.15) is 0 Å². The summed E-state index contributed by atoms with van der Waals surface area (Å²) in [4.78, 5) is 2.38. The highest BCUT2D eigenvalue weighted by atomic mass is 35.5. The average Bonchev–Trinajstić information content (AvgIpc) is 2.47. The minimum atomic E-state index is -0.617. The molecule has 1 aliphatic rings. The topological polar surface area (TPSA) is 35.5 Å². The summed E-state index contributed by atoms with van der Waals surface area (Å²) < 4.78 is 0. The molecule has 0 aliphatic carbocycles. The van der Waals surface area contributed by atoms with Crippen LogP contribution < -0.4 is 5.32 Å². The second-order valence-corrected chi connectivity index (χ2v) is 6.76. The Hall–Kier alpha value is -0.320. The molecule has 3 nitrogen and oxygen atoms in total. The molecular weight excluding hydrogens is 307 g/mol. The molecule has 5 heteroatoms. The Balaban J connectivity index is 1.69. The van der Waals surface area contributed by atoms with E-state index in [1.807, 2.05) is 0 Å². The number of nitrogens with zero attached hydrogens (tertiary/aromatic N) is 1. The molecular formula is C16H24Cl2N2O. The highest BCUT2D eigenvalue weighted by Gasteiger charge is 2.16. The van der Waals surface area contributed by atoms with Crippen molar-refractivity contribution < 1.29 is 5.11 Å². The van der Waals surface area contributed by atoms with Gasteiger partial charge in [0.2, 0.25) is 0 Å². The van der Waals surface area contributed by atoms with Crippen LogP contribution in [-0.2, 0) is 0 Å². The average molecular weight is 331 g/mol. The maximum Gasteiger partial charge on any atom is 0.0929 e. The van der Waals surface area contributed by atoms with Crippen molar-refractivity contribution >= 4 is 23.2 Å². The van der Waals surface area contributed by atoms with Crippen LogP contribution >= 0.6 is 23.2 Å². The first-order chi connectivity index (χ1) is 10.1. The van der Waals surface area contributed by atoms with E-state index in [-0.39, 0.29) is 0 Å². The van der Waals surface area contributed by atoms with Crippen molar-refractivity contribution in [3.8, 4) is 0 Å². The van der Waals surface area contributed by atoms with E-state index in [2.05, 4.69) is 17.3 Å². The number of piperidine rings is 1. The molecule has 0 radical (unpaired) electrons. The van der Waals surface area contributed by atoms with Crippen molar-refractivity contribution in [2.24, 2.45) is 5.92 Å². The minimum absolute atomic E-state index is 0.507. The Labute approximate surface area is 137 Å². The molecule has 0 bridgehead atoms. The summed E-state index contributed by atoms with van der Waals surface area (Å²) in [6.07, 6.45) is 3.11. The van der Waals surface area contributed by atoms with E-state index in [0.29, 0.717) is 22.2 Å². The van der Waals surface area contributed by atoms with Gasteiger partial charge in [-0.25, -0.2) is 0 Å². The molecule has 2 rings (SSSR count). The number of rotatable bonds is 6. The summed E-state index contributed by atoms with van der Waals surface area (Å²) in [5.74, 6) is 0.806. The lowest BCUT2D eigenvalue weighted by atomic mass is 9.94. The summed E-state index contributed by atoms with van der Waals surface area (Å²) in [5, 5.41) is 14.7. The third-order valence-corrected chi connectivity index (χ3v) is 4.80. The van der Waals surface area contributed by atoms with Crippen LogP contribution in [0.3, 0.4) is 0 Å². The Morgan fingerprint density at radius 3 is 2.76 bits per heavy atom. The Morgan fingerprint density at radius 1 is 1.33 bits per heavy atom. The van der Waals surface area contributed by atoms with Crippen LogP contribution in [0.2, 0.25) is 10.0 Å². The van der Waals surface area contributed by atoms with Gasteiger partial charge < -0.3 is 15.3 Å². The Kier molecular flexibility index (Phi) is 6.77. The molecule has 0 saturated carbocycles. The quantitative estimate of drug-likeness (QED) is 0.785. The normalized spacial score (nSPS) is 18.9. The van der Waals surface area contributed by atoms with Gasteiger partial charge in [-0.15, -0.1) is 0 Å². The molecule has 1 aromatic rings. The van der Waals surface area contributed by atoms with Crippen molar-refractivity contribution in [3.05, 3.63) is 33.8 Å². The summed E-state index contributed by atoms with van der Waals surface area (Å²) >= 11 is 12.0. The van der Waals surface area contributed by atoms with Crippen molar-refractivity contribution in [2.75, 3.05) is 33.2 Å². The van der Waals surface area contributed by atoms with Crippen LogP contribution in [0.5, 0.6) is 0 Å². The predicted octanol–water partition coefficient (Wildman–Crippen LogP) is 3.35.